The summed E-state index contributed by atoms with van der Waals surface area (Å²) in [6.07, 6.45) is 11.5. The Morgan fingerprint density at radius 2 is 2.11 bits per heavy atom. The van der Waals surface area contributed by atoms with E-state index in [4.69, 9.17) is 0 Å². The van der Waals surface area contributed by atoms with Gasteiger partial charge in [-0.05, 0) is 31.1 Å². The van der Waals surface area contributed by atoms with E-state index in [-0.39, 0.29) is 11.5 Å². The van der Waals surface area contributed by atoms with Crippen molar-refractivity contribution in [3.05, 3.63) is 18.2 Å². The first-order valence-corrected chi connectivity index (χ1v) is 7.40. The molecule has 3 heteroatoms. The van der Waals surface area contributed by atoms with Gasteiger partial charge in [-0.25, -0.2) is 4.98 Å². The Morgan fingerprint density at radius 1 is 1.39 bits per heavy atom. The van der Waals surface area contributed by atoms with E-state index in [2.05, 4.69) is 23.4 Å². The third-order valence-corrected chi connectivity index (χ3v) is 4.65. The van der Waals surface area contributed by atoms with Crippen LogP contribution in [0.15, 0.2) is 12.4 Å². The highest BCUT2D eigenvalue weighted by atomic mass is 16.3. The van der Waals surface area contributed by atoms with Crippen molar-refractivity contribution in [1.29, 1.82) is 0 Å². The summed E-state index contributed by atoms with van der Waals surface area (Å²) >= 11 is 0. The molecule has 1 aromatic rings. The second-order valence-corrected chi connectivity index (χ2v) is 5.68. The zero-order valence-corrected chi connectivity index (χ0v) is 11.7. The minimum atomic E-state index is -0.233. The van der Waals surface area contributed by atoms with Crippen LogP contribution in [0.1, 0.15) is 58.2 Å². The molecule has 0 amide bonds. The SMILES string of the molecule is CCCn1ccnc1CC(O)C1(CC)CCCC1. The predicted octanol–water partition coefficient (Wildman–Crippen LogP) is 3.17. The average Bonchev–Trinajstić information content (AvgIpc) is 3.00. The maximum atomic E-state index is 10.6. The molecular weight excluding hydrogens is 224 g/mol. The molecule has 1 heterocycles. The molecule has 1 unspecified atom stereocenters. The van der Waals surface area contributed by atoms with E-state index >= 15 is 0 Å². The zero-order valence-electron chi connectivity index (χ0n) is 11.7. The van der Waals surface area contributed by atoms with Gasteiger partial charge in [-0.15, -0.1) is 0 Å². The standard InChI is InChI=1S/C15H26N2O/c1-3-10-17-11-9-16-14(17)12-13(18)15(4-2)7-5-6-8-15/h9,11,13,18H,3-8,10,12H2,1-2H3. The number of rotatable bonds is 6. The molecule has 0 radical (unpaired) electrons. The fraction of sp³-hybridized carbons (Fsp3) is 0.800. The Hall–Kier alpha value is -0.830. The lowest BCUT2D eigenvalue weighted by Gasteiger charge is -2.33. The van der Waals surface area contributed by atoms with Gasteiger partial charge in [0, 0.05) is 25.4 Å². The first-order valence-electron chi connectivity index (χ1n) is 7.40. The van der Waals surface area contributed by atoms with E-state index < -0.39 is 0 Å². The van der Waals surface area contributed by atoms with Gasteiger partial charge in [-0.1, -0.05) is 26.7 Å². The van der Waals surface area contributed by atoms with Gasteiger partial charge < -0.3 is 9.67 Å². The van der Waals surface area contributed by atoms with Crippen LogP contribution in [-0.2, 0) is 13.0 Å². The second kappa shape index (κ2) is 5.87. The molecular formula is C15H26N2O. The quantitative estimate of drug-likeness (QED) is 0.842. The molecule has 1 aliphatic rings. The summed E-state index contributed by atoms with van der Waals surface area (Å²) in [7, 11) is 0. The monoisotopic (exact) mass is 250 g/mol. The molecule has 1 saturated carbocycles. The summed E-state index contributed by atoms with van der Waals surface area (Å²) in [4.78, 5) is 4.41. The van der Waals surface area contributed by atoms with Gasteiger partial charge >= 0.3 is 0 Å². The van der Waals surface area contributed by atoms with Gasteiger partial charge in [-0.2, -0.15) is 0 Å². The molecule has 102 valence electrons. The van der Waals surface area contributed by atoms with Crippen LogP contribution >= 0.6 is 0 Å². The van der Waals surface area contributed by atoms with Gasteiger partial charge in [0.2, 0.25) is 0 Å². The number of aromatic nitrogens is 2. The number of nitrogens with zero attached hydrogens (tertiary/aromatic N) is 2. The first-order chi connectivity index (χ1) is 8.72. The topological polar surface area (TPSA) is 38.0 Å². The van der Waals surface area contributed by atoms with Crippen molar-refractivity contribution in [1.82, 2.24) is 9.55 Å². The Labute approximate surface area is 110 Å². The van der Waals surface area contributed by atoms with E-state index in [1.807, 2.05) is 12.4 Å². The van der Waals surface area contributed by atoms with Crippen molar-refractivity contribution in [3.8, 4) is 0 Å². The van der Waals surface area contributed by atoms with E-state index in [0.717, 1.165) is 25.2 Å². The van der Waals surface area contributed by atoms with Gasteiger partial charge in [-0.3, -0.25) is 0 Å². The number of aryl methyl sites for hydroxylation is 1. The molecule has 1 aromatic heterocycles. The van der Waals surface area contributed by atoms with Crippen LogP contribution in [0.2, 0.25) is 0 Å². The van der Waals surface area contributed by atoms with Crippen LogP contribution in [0, 0.1) is 5.41 Å². The molecule has 0 aromatic carbocycles. The fourth-order valence-electron chi connectivity index (χ4n) is 3.37. The summed E-state index contributed by atoms with van der Waals surface area (Å²) in [5, 5.41) is 10.6. The second-order valence-electron chi connectivity index (χ2n) is 5.68. The highest BCUT2D eigenvalue weighted by Gasteiger charge is 2.39. The van der Waals surface area contributed by atoms with E-state index in [1.54, 1.807) is 0 Å². The van der Waals surface area contributed by atoms with E-state index in [9.17, 15) is 5.11 Å². The third-order valence-electron chi connectivity index (χ3n) is 4.65. The minimum absolute atomic E-state index is 0.156. The van der Waals surface area contributed by atoms with Crippen molar-refractivity contribution in [2.45, 2.75) is 71.4 Å². The smallest absolute Gasteiger partial charge is 0.111 e. The van der Waals surface area contributed by atoms with E-state index in [1.165, 1.54) is 25.7 Å². The Bertz CT molecular complexity index is 366. The molecule has 1 N–H and O–H groups in total. The summed E-state index contributed by atoms with van der Waals surface area (Å²) in [6.45, 7) is 5.39. The average molecular weight is 250 g/mol. The molecule has 0 aliphatic heterocycles. The maximum absolute atomic E-state index is 10.6. The van der Waals surface area contributed by atoms with E-state index in [0.29, 0.717) is 6.42 Å². The fourth-order valence-corrected chi connectivity index (χ4v) is 3.37. The number of hydrogen-bond donors (Lipinski definition) is 1. The summed E-state index contributed by atoms with van der Waals surface area (Å²) in [5.41, 5.74) is 0.156. The van der Waals surface area contributed by atoms with Crippen molar-refractivity contribution in [2.75, 3.05) is 0 Å². The Morgan fingerprint density at radius 3 is 2.72 bits per heavy atom. The lowest BCUT2D eigenvalue weighted by atomic mass is 9.76. The lowest BCUT2D eigenvalue weighted by Crippen LogP contribution is -2.34. The minimum Gasteiger partial charge on any atom is -0.392 e. The van der Waals surface area contributed by atoms with Crippen LogP contribution in [-0.4, -0.2) is 20.8 Å². The molecule has 3 nitrogen and oxygen atoms in total. The Balaban J connectivity index is 2.05. The van der Waals surface area contributed by atoms with Crippen molar-refractivity contribution in [3.63, 3.8) is 0 Å². The maximum Gasteiger partial charge on any atom is 0.111 e. The zero-order chi connectivity index (χ0) is 13.0. The molecule has 1 fully saturated rings. The largest absolute Gasteiger partial charge is 0.392 e. The van der Waals surface area contributed by atoms with Crippen LogP contribution < -0.4 is 0 Å². The molecule has 18 heavy (non-hydrogen) atoms. The number of imidazole rings is 1. The van der Waals surface area contributed by atoms with Gasteiger partial charge in [0.05, 0.1) is 6.10 Å². The normalized spacial score (nSPS) is 20.2. The first kappa shape index (κ1) is 13.6. The molecule has 0 spiro atoms. The molecule has 1 aliphatic carbocycles. The highest BCUT2D eigenvalue weighted by molar-refractivity contribution is 4.99. The van der Waals surface area contributed by atoms with Crippen molar-refractivity contribution >= 4 is 0 Å². The van der Waals surface area contributed by atoms with Crippen LogP contribution in [0.3, 0.4) is 0 Å². The van der Waals surface area contributed by atoms with Gasteiger partial charge in [0.25, 0.3) is 0 Å². The van der Waals surface area contributed by atoms with Crippen LogP contribution in [0.25, 0.3) is 0 Å². The summed E-state index contributed by atoms with van der Waals surface area (Å²) in [6, 6.07) is 0. The highest BCUT2D eigenvalue weighted by Crippen LogP contribution is 2.44. The number of hydrogen-bond acceptors (Lipinski definition) is 2. The van der Waals surface area contributed by atoms with Crippen molar-refractivity contribution < 1.29 is 5.11 Å². The molecule has 2 rings (SSSR count). The van der Waals surface area contributed by atoms with Gasteiger partial charge in [0.1, 0.15) is 5.82 Å². The summed E-state index contributed by atoms with van der Waals surface area (Å²) < 4.78 is 2.18. The van der Waals surface area contributed by atoms with Crippen LogP contribution in [0.5, 0.6) is 0 Å². The third kappa shape index (κ3) is 2.61. The van der Waals surface area contributed by atoms with Crippen LogP contribution in [0.4, 0.5) is 0 Å². The van der Waals surface area contributed by atoms with Crippen molar-refractivity contribution in [2.24, 2.45) is 5.41 Å². The molecule has 1 atom stereocenters. The molecule has 0 saturated heterocycles. The number of aliphatic hydroxyl groups excluding tert-OH is 1. The number of aliphatic hydroxyl groups is 1. The molecule has 0 bridgehead atoms. The summed E-state index contributed by atoms with van der Waals surface area (Å²) in [5.74, 6) is 1.05. The Kier molecular flexibility index (Phi) is 4.44. The lowest BCUT2D eigenvalue weighted by molar-refractivity contribution is 0.0237. The van der Waals surface area contributed by atoms with Gasteiger partial charge in [0.15, 0.2) is 0 Å². The predicted molar refractivity (Wildman–Crippen MR) is 73.4 cm³/mol.